The number of hydrogen-bond donors (Lipinski definition) is 0. The molecule has 3 aliphatic rings. The second-order valence-corrected chi connectivity index (χ2v) is 8.73. The van der Waals surface area contributed by atoms with E-state index in [0.717, 1.165) is 4.47 Å². The van der Waals surface area contributed by atoms with E-state index < -0.39 is 42.1 Å². The van der Waals surface area contributed by atoms with Crippen molar-refractivity contribution in [2.24, 2.45) is 0 Å². The maximum atomic E-state index is 12.7. The summed E-state index contributed by atoms with van der Waals surface area (Å²) in [6, 6.07) is 6.97. The molecule has 3 saturated heterocycles. The molecule has 148 valence electrons. The van der Waals surface area contributed by atoms with Gasteiger partial charge in [0.1, 0.15) is 12.2 Å². The summed E-state index contributed by atoms with van der Waals surface area (Å²) >= 11 is 3.36. The molecule has 0 aromatic heterocycles. The van der Waals surface area contributed by atoms with Crippen molar-refractivity contribution in [3.8, 4) is 0 Å². The third-order valence-corrected chi connectivity index (χ3v) is 5.28. The van der Waals surface area contributed by atoms with Crippen LogP contribution in [-0.2, 0) is 28.4 Å². The van der Waals surface area contributed by atoms with Gasteiger partial charge in [0.25, 0.3) is 0 Å². The van der Waals surface area contributed by atoms with E-state index in [1.807, 2.05) is 13.8 Å². The first-order valence-corrected chi connectivity index (χ1v) is 9.72. The van der Waals surface area contributed by atoms with Gasteiger partial charge in [0.15, 0.2) is 30.1 Å². The number of benzene rings is 1. The molecule has 7 nitrogen and oxygen atoms in total. The summed E-state index contributed by atoms with van der Waals surface area (Å²) < 4.78 is 36.1. The molecule has 3 fully saturated rings. The highest BCUT2D eigenvalue weighted by atomic mass is 79.9. The Morgan fingerprint density at radius 3 is 2.37 bits per heavy atom. The molecule has 0 bridgehead atoms. The molecule has 8 heteroatoms. The van der Waals surface area contributed by atoms with E-state index in [0.29, 0.717) is 12.2 Å². The zero-order valence-corrected chi connectivity index (χ0v) is 17.2. The first kappa shape index (κ1) is 19.3. The van der Waals surface area contributed by atoms with E-state index >= 15 is 0 Å². The van der Waals surface area contributed by atoms with Crippen molar-refractivity contribution in [1.82, 2.24) is 0 Å². The molecular weight excluding hydrogens is 420 g/mol. The molecule has 0 amide bonds. The summed E-state index contributed by atoms with van der Waals surface area (Å²) in [7, 11) is 0. The summed E-state index contributed by atoms with van der Waals surface area (Å²) in [4.78, 5) is 12.7. The predicted octanol–water partition coefficient (Wildman–Crippen LogP) is 3.00. The Labute approximate surface area is 166 Å². The van der Waals surface area contributed by atoms with Crippen molar-refractivity contribution in [2.45, 2.75) is 70.0 Å². The summed E-state index contributed by atoms with van der Waals surface area (Å²) in [5.74, 6) is -1.98. The fraction of sp³-hybridized carbons (Fsp3) is 0.632. The Hall–Kier alpha value is -1.03. The smallest absolute Gasteiger partial charge is 0.338 e. The summed E-state index contributed by atoms with van der Waals surface area (Å²) in [5, 5.41) is 0. The van der Waals surface area contributed by atoms with Crippen molar-refractivity contribution in [2.75, 3.05) is 6.61 Å². The topological polar surface area (TPSA) is 72.5 Å². The van der Waals surface area contributed by atoms with Crippen molar-refractivity contribution in [3.05, 3.63) is 34.3 Å². The van der Waals surface area contributed by atoms with Crippen LogP contribution in [0.25, 0.3) is 0 Å². The van der Waals surface area contributed by atoms with Crippen molar-refractivity contribution in [3.63, 3.8) is 0 Å². The van der Waals surface area contributed by atoms with Gasteiger partial charge in [-0.1, -0.05) is 15.9 Å². The van der Waals surface area contributed by atoms with E-state index in [4.69, 9.17) is 28.4 Å². The molecule has 4 rings (SSSR count). The lowest BCUT2D eigenvalue weighted by atomic mass is 10.1. The van der Waals surface area contributed by atoms with Crippen LogP contribution < -0.4 is 0 Å². The second-order valence-electron chi connectivity index (χ2n) is 7.81. The average Bonchev–Trinajstić information content (AvgIpc) is 3.18. The minimum atomic E-state index is -0.811. The van der Waals surface area contributed by atoms with E-state index in [2.05, 4.69) is 15.9 Å². The van der Waals surface area contributed by atoms with Gasteiger partial charge in [-0.05, 0) is 52.0 Å². The number of ether oxygens (including phenoxy) is 6. The number of carbonyl (C=O) groups is 1. The number of rotatable bonds is 3. The van der Waals surface area contributed by atoms with Gasteiger partial charge in [-0.25, -0.2) is 4.79 Å². The van der Waals surface area contributed by atoms with E-state index in [9.17, 15) is 4.79 Å². The monoisotopic (exact) mass is 442 g/mol. The lowest BCUT2D eigenvalue weighted by molar-refractivity contribution is -0.232. The predicted molar refractivity (Wildman–Crippen MR) is 96.9 cm³/mol. The van der Waals surface area contributed by atoms with Gasteiger partial charge in [-0.15, -0.1) is 0 Å². The van der Waals surface area contributed by atoms with Crippen LogP contribution in [0, 0.1) is 0 Å². The summed E-state index contributed by atoms with van der Waals surface area (Å²) in [5.41, 5.74) is 0.447. The second kappa shape index (κ2) is 6.79. The normalized spacial score (nSPS) is 36.6. The van der Waals surface area contributed by atoms with Crippen molar-refractivity contribution < 1.29 is 33.2 Å². The molecule has 27 heavy (non-hydrogen) atoms. The highest BCUT2D eigenvalue weighted by molar-refractivity contribution is 9.10. The minimum absolute atomic E-state index is 0.340. The SMILES string of the molecule is CC1(C)OCC(C2OC3OC(C)(C)OC3C2OC(=O)c2ccc(Br)cc2)O1. The van der Waals surface area contributed by atoms with Crippen LogP contribution in [0.1, 0.15) is 38.1 Å². The van der Waals surface area contributed by atoms with E-state index in [1.54, 1.807) is 38.1 Å². The largest absolute Gasteiger partial charge is 0.453 e. The number of fused-ring (bicyclic) bond motifs is 1. The van der Waals surface area contributed by atoms with E-state index in [1.165, 1.54) is 0 Å². The number of carbonyl (C=O) groups excluding carboxylic acids is 1. The van der Waals surface area contributed by atoms with Crippen LogP contribution in [0.4, 0.5) is 0 Å². The zero-order chi connectivity index (χ0) is 19.4. The zero-order valence-electron chi connectivity index (χ0n) is 15.6. The lowest BCUT2D eigenvalue weighted by Crippen LogP contribution is -2.45. The number of esters is 1. The Morgan fingerprint density at radius 1 is 1.04 bits per heavy atom. The quantitative estimate of drug-likeness (QED) is 0.666. The van der Waals surface area contributed by atoms with Crippen LogP contribution in [0.15, 0.2) is 28.7 Å². The minimum Gasteiger partial charge on any atom is -0.453 e. The van der Waals surface area contributed by atoms with Gasteiger partial charge >= 0.3 is 5.97 Å². The van der Waals surface area contributed by atoms with Crippen LogP contribution in [0.2, 0.25) is 0 Å². The molecule has 3 aliphatic heterocycles. The van der Waals surface area contributed by atoms with Crippen LogP contribution in [-0.4, -0.2) is 54.9 Å². The maximum absolute atomic E-state index is 12.7. The van der Waals surface area contributed by atoms with Gasteiger partial charge in [0.2, 0.25) is 0 Å². The first-order chi connectivity index (χ1) is 12.6. The third kappa shape index (κ3) is 3.92. The van der Waals surface area contributed by atoms with Gasteiger partial charge < -0.3 is 28.4 Å². The molecule has 0 radical (unpaired) electrons. The molecule has 1 aromatic rings. The summed E-state index contributed by atoms with van der Waals surface area (Å²) in [6.07, 6.45) is -2.76. The van der Waals surface area contributed by atoms with Gasteiger partial charge in [0, 0.05) is 4.47 Å². The number of hydrogen-bond acceptors (Lipinski definition) is 7. The van der Waals surface area contributed by atoms with Crippen molar-refractivity contribution in [1.29, 1.82) is 0 Å². The van der Waals surface area contributed by atoms with Gasteiger partial charge in [-0.2, -0.15) is 0 Å². The molecular formula is C19H23BrO7. The highest BCUT2D eigenvalue weighted by Crippen LogP contribution is 2.42. The molecule has 1 aromatic carbocycles. The van der Waals surface area contributed by atoms with E-state index in [-0.39, 0.29) is 6.10 Å². The Morgan fingerprint density at radius 2 is 1.74 bits per heavy atom. The van der Waals surface area contributed by atoms with Gasteiger partial charge in [0.05, 0.1) is 12.2 Å². The Kier molecular flexibility index (Phi) is 4.85. The molecule has 0 aliphatic carbocycles. The fourth-order valence-electron chi connectivity index (χ4n) is 3.59. The molecule has 0 spiro atoms. The molecule has 3 heterocycles. The first-order valence-electron chi connectivity index (χ1n) is 8.93. The average molecular weight is 443 g/mol. The van der Waals surface area contributed by atoms with Crippen LogP contribution in [0.5, 0.6) is 0 Å². The number of halogens is 1. The fourth-order valence-corrected chi connectivity index (χ4v) is 3.86. The van der Waals surface area contributed by atoms with Crippen LogP contribution in [0.3, 0.4) is 0 Å². The standard InChI is InChI=1S/C19H23BrO7/c1-18(2)22-9-12(25-18)13-14(15-17(24-13)27-19(3,4)26-15)23-16(21)10-5-7-11(20)8-6-10/h5-8,12-15,17H,9H2,1-4H3. The molecule has 5 atom stereocenters. The Bertz CT molecular complexity index is 717. The highest BCUT2D eigenvalue weighted by Gasteiger charge is 2.60. The van der Waals surface area contributed by atoms with Crippen molar-refractivity contribution >= 4 is 21.9 Å². The lowest BCUT2D eigenvalue weighted by Gasteiger charge is -2.28. The summed E-state index contributed by atoms with van der Waals surface area (Å²) in [6.45, 7) is 7.61. The third-order valence-electron chi connectivity index (χ3n) is 4.75. The maximum Gasteiger partial charge on any atom is 0.338 e. The molecule has 5 unspecified atom stereocenters. The Balaban J connectivity index is 1.55. The van der Waals surface area contributed by atoms with Gasteiger partial charge in [-0.3, -0.25) is 0 Å². The molecule has 0 saturated carbocycles. The molecule has 0 N–H and O–H groups in total. The van der Waals surface area contributed by atoms with Crippen LogP contribution >= 0.6 is 15.9 Å².